The molecule has 2 aromatic rings. The number of benzene rings is 1. The van der Waals surface area contributed by atoms with Crippen LogP contribution in [0.1, 0.15) is 5.56 Å². The van der Waals surface area contributed by atoms with Crippen molar-refractivity contribution in [2.24, 2.45) is 10.7 Å². The molecule has 1 aliphatic rings. The number of rotatable bonds is 4. The van der Waals surface area contributed by atoms with Gasteiger partial charge in [0.05, 0.1) is 13.7 Å². The van der Waals surface area contributed by atoms with Crippen molar-refractivity contribution in [1.82, 2.24) is 9.88 Å². The average molecular weight is 347 g/mol. The number of guanidine groups is 1. The van der Waals surface area contributed by atoms with Crippen LogP contribution in [0.25, 0.3) is 0 Å². The van der Waals surface area contributed by atoms with Crippen molar-refractivity contribution in [1.29, 1.82) is 0 Å². The molecule has 0 atom stereocenters. The lowest BCUT2D eigenvalue weighted by molar-refractivity contribution is 0.380. The number of aromatic hydroxyl groups is 1. The second-order valence-corrected chi connectivity index (χ2v) is 6.33. The van der Waals surface area contributed by atoms with Gasteiger partial charge in [-0.05, 0) is 18.2 Å². The molecule has 1 aromatic heterocycles. The molecule has 0 unspecified atom stereocenters. The van der Waals surface area contributed by atoms with Gasteiger partial charge in [-0.2, -0.15) is 0 Å². The zero-order valence-electron chi connectivity index (χ0n) is 13.6. The fraction of sp³-hybridized carbons (Fsp3) is 0.375. The third kappa shape index (κ3) is 3.70. The molecule has 0 saturated carbocycles. The Hall–Kier alpha value is -2.48. The minimum atomic E-state index is 0.195. The normalized spacial score (nSPS) is 15.6. The molecule has 3 N–H and O–H groups in total. The summed E-state index contributed by atoms with van der Waals surface area (Å²) in [6.07, 6.45) is 1.82. The smallest absolute Gasteiger partial charge is 0.191 e. The molecular weight excluding hydrogens is 326 g/mol. The van der Waals surface area contributed by atoms with E-state index in [1.165, 1.54) is 0 Å². The third-order valence-electron chi connectivity index (χ3n) is 3.99. The Bertz CT molecular complexity index is 696. The Labute approximate surface area is 145 Å². The Balaban J connectivity index is 1.59. The molecule has 0 bridgehead atoms. The minimum absolute atomic E-state index is 0.195. The lowest BCUT2D eigenvalue weighted by atomic mass is 10.2. The van der Waals surface area contributed by atoms with Gasteiger partial charge < -0.3 is 25.4 Å². The number of phenolic OH excluding ortho intramolecular Hbond substituents is 1. The van der Waals surface area contributed by atoms with Crippen LogP contribution < -0.4 is 15.4 Å². The van der Waals surface area contributed by atoms with Gasteiger partial charge in [-0.3, -0.25) is 0 Å². The second-order valence-electron chi connectivity index (χ2n) is 5.46. The number of nitrogens with two attached hydrogens (primary N) is 1. The van der Waals surface area contributed by atoms with E-state index in [9.17, 15) is 5.11 Å². The van der Waals surface area contributed by atoms with Crippen LogP contribution in [0.4, 0.5) is 5.13 Å². The molecule has 1 fully saturated rings. The van der Waals surface area contributed by atoms with Crippen LogP contribution in [0, 0.1) is 0 Å². The van der Waals surface area contributed by atoms with E-state index in [0.717, 1.165) is 31.3 Å². The number of hydrogen-bond donors (Lipinski definition) is 2. The number of nitrogens with zero attached hydrogens (tertiary/aromatic N) is 4. The van der Waals surface area contributed by atoms with Crippen LogP contribution in [0.15, 0.2) is 34.8 Å². The Morgan fingerprint density at radius 1 is 1.38 bits per heavy atom. The fourth-order valence-electron chi connectivity index (χ4n) is 2.58. The third-order valence-corrected chi connectivity index (χ3v) is 4.82. The predicted molar refractivity (Wildman–Crippen MR) is 95.9 cm³/mol. The van der Waals surface area contributed by atoms with Gasteiger partial charge in [0.1, 0.15) is 11.5 Å². The minimum Gasteiger partial charge on any atom is -0.508 e. The molecule has 0 spiro atoms. The Kier molecular flexibility index (Phi) is 5.05. The van der Waals surface area contributed by atoms with Crippen LogP contribution in [0.5, 0.6) is 11.5 Å². The molecule has 8 heteroatoms. The monoisotopic (exact) mass is 347 g/mol. The van der Waals surface area contributed by atoms with E-state index in [-0.39, 0.29) is 5.75 Å². The summed E-state index contributed by atoms with van der Waals surface area (Å²) >= 11 is 1.65. The number of methoxy groups -OCH3 is 1. The zero-order chi connectivity index (χ0) is 16.9. The van der Waals surface area contributed by atoms with Gasteiger partial charge in [0.2, 0.25) is 0 Å². The number of aromatic nitrogens is 1. The molecule has 1 aliphatic heterocycles. The van der Waals surface area contributed by atoms with E-state index < -0.39 is 0 Å². The molecule has 1 saturated heterocycles. The van der Waals surface area contributed by atoms with E-state index in [1.807, 2.05) is 11.6 Å². The van der Waals surface area contributed by atoms with E-state index in [0.29, 0.717) is 23.8 Å². The quantitative estimate of drug-likeness (QED) is 0.644. The molecule has 2 heterocycles. The first-order valence-electron chi connectivity index (χ1n) is 7.72. The standard InChI is InChI=1S/C16H21N5O2S/c1-23-13-2-3-14(22)12(10-13)11-19-15(17)20-5-7-21(8-6-20)16-18-4-9-24-16/h2-4,9-10,22H,5-8,11H2,1H3,(H2,17,19). The number of hydrogen-bond acceptors (Lipinski definition) is 6. The highest BCUT2D eigenvalue weighted by Gasteiger charge is 2.19. The Morgan fingerprint density at radius 3 is 2.83 bits per heavy atom. The molecule has 3 rings (SSSR count). The summed E-state index contributed by atoms with van der Waals surface area (Å²) in [5.41, 5.74) is 6.81. The number of phenols is 1. The summed E-state index contributed by atoms with van der Waals surface area (Å²) in [5, 5.41) is 12.9. The van der Waals surface area contributed by atoms with Crippen molar-refractivity contribution in [3.05, 3.63) is 35.3 Å². The van der Waals surface area contributed by atoms with Gasteiger partial charge in [0.25, 0.3) is 0 Å². The zero-order valence-corrected chi connectivity index (χ0v) is 14.4. The van der Waals surface area contributed by atoms with Gasteiger partial charge in [-0.1, -0.05) is 0 Å². The van der Waals surface area contributed by atoms with Gasteiger partial charge >= 0.3 is 0 Å². The van der Waals surface area contributed by atoms with Crippen LogP contribution >= 0.6 is 11.3 Å². The first-order valence-corrected chi connectivity index (χ1v) is 8.60. The summed E-state index contributed by atoms with van der Waals surface area (Å²) in [4.78, 5) is 13.1. The lowest BCUT2D eigenvalue weighted by Crippen LogP contribution is -2.51. The maximum absolute atomic E-state index is 9.90. The summed E-state index contributed by atoms with van der Waals surface area (Å²) in [5.74, 6) is 1.38. The van der Waals surface area contributed by atoms with Crippen LogP contribution in [0.3, 0.4) is 0 Å². The summed E-state index contributed by atoms with van der Waals surface area (Å²) in [7, 11) is 1.59. The van der Waals surface area contributed by atoms with E-state index in [1.54, 1.807) is 36.6 Å². The van der Waals surface area contributed by atoms with Crippen molar-refractivity contribution < 1.29 is 9.84 Å². The molecule has 7 nitrogen and oxygen atoms in total. The first kappa shape index (κ1) is 16.4. The molecule has 0 radical (unpaired) electrons. The first-order chi connectivity index (χ1) is 11.7. The van der Waals surface area contributed by atoms with E-state index >= 15 is 0 Å². The van der Waals surface area contributed by atoms with Crippen molar-refractivity contribution in [2.45, 2.75) is 6.54 Å². The number of anilines is 1. The summed E-state index contributed by atoms with van der Waals surface area (Å²) in [6.45, 7) is 3.67. The van der Waals surface area contributed by atoms with E-state index in [2.05, 4.69) is 19.8 Å². The summed E-state index contributed by atoms with van der Waals surface area (Å²) < 4.78 is 5.17. The largest absolute Gasteiger partial charge is 0.508 e. The van der Waals surface area contributed by atoms with Crippen molar-refractivity contribution in [3.63, 3.8) is 0 Å². The molecule has 128 valence electrons. The van der Waals surface area contributed by atoms with Crippen LogP contribution in [0.2, 0.25) is 0 Å². The Morgan fingerprint density at radius 2 is 2.17 bits per heavy atom. The van der Waals surface area contributed by atoms with Gasteiger partial charge in [-0.15, -0.1) is 11.3 Å². The molecule has 24 heavy (non-hydrogen) atoms. The number of aliphatic imine (C=N–C) groups is 1. The lowest BCUT2D eigenvalue weighted by Gasteiger charge is -2.35. The van der Waals surface area contributed by atoms with Crippen LogP contribution in [-0.4, -0.2) is 54.2 Å². The SMILES string of the molecule is COc1ccc(O)c(CN=C(N)N2CCN(c3nccs3)CC2)c1. The molecule has 0 aliphatic carbocycles. The fourth-order valence-corrected chi connectivity index (χ4v) is 3.28. The highest BCUT2D eigenvalue weighted by molar-refractivity contribution is 7.13. The maximum Gasteiger partial charge on any atom is 0.191 e. The topological polar surface area (TPSA) is 87.2 Å². The van der Waals surface area contributed by atoms with Gasteiger partial charge in [-0.25, -0.2) is 9.98 Å². The highest BCUT2D eigenvalue weighted by atomic mass is 32.1. The average Bonchev–Trinajstić information content (AvgIpc) is 3.15. The molecular formula is C16H21N5O2S. The van der Waals surface area contributed by atoms with Crippen molar-refractivity contribution in [3.8, 4) is 11.5 Å². The summed E-state index contributed by atoms with van der Waals surface area (Å²) in [6, 6.07) is 5.09. The number of thiazole rings is 1. The van der Waals surface area contributed by atoms with E-state index in [4.69, 9.17) is 10.5 Å². The van der Waals surface area contributed by atoms with Gasteiger partial charge in [0, 0.05) is 43.3 Å². The maximum atomic E-state index is 9.90. The molecule has 1 aromatic carbocycles. The van der Waals surface area contributed by atoms with Crippen molar-refractivity contribution in [2.75, 3.05) is 38.2 Å². The predicted octanol–water partition coefficient (Wildman–Crippen LogP) is 1.49. The second kappa shape index (κ2) is 7.39. The van der Waals surface area contributed by atoms with Gasteiger partial charge in [0.15, 0.2) is 11.1 Å². The highest BCUT2D eigenvalue weighted by Crippen LogP contribution is 2.23. The number of piperazine rings is 1. The molecule has 0 amide bonds. The van der Waals surface area contributed by atoms with Crippen molar-refractivity contribution >= 4 is 22.4 Å². The van der Waals surface area contributed by atoms with Crippen LogP contribution in [-0.2, 0) is 6.54 Å². The number of ether oxygens (including phenoxy) is 1.